The molecule has 0 radical (unpaired) electrons. The molecule has 0 fully saturated rings. The molecule has 8 heteroatoms. The molecule has 0 saturated carbocycles. The second-order valence-corrected chi connectivity index (χ2v) is 6.66. The van der Waals surface area contributed by atoms with Gasteiger partial charge in [0.2, 0.25) is 5.91 Å². The fourth-order valence-electron chi connectivity index (χ4n) is 1.75. The average molecular weight is 330 g/mol. The van der Waals surface area contributed by atoms with Gasteiger partial charge in [0.1, 0.15) is 11.6 Å². The highest BCUT2D eigenvalue weighted by molar-refractivity contribution is 5.85. The van der Waals surface area contributed by atoms with Crippen LogP contribution in [0.3, 0.4) is 0 Å². The van der Waals surface area contributed by atoms with Crippen LogP contribution in [0.25, 0.3) is 0 Å². The Morgan fingerprint density at radius 2 is 1.57 bits per heavy atom. The number of primary amides is 1. The highest BCUT2D eigenvalue weighted by atomic mass is 16.6. The van der Waals surface area contributed by atoms with E-state index in [2.05, 4.69) is 16.0 Å². The number of hydrogen-bond donors (Lipinski definition) is 4. The predicted octanol–water partition coefficient (Wildman–Crippen LogP) is 1.10. The number of nitrogens with one attached hydrogen (secondary N) is 3. The molecule has 0 aliphatic heterocycles. The molecule has 0 heterocycles. The van der Waals surface area contributed by atoms with E-state index in [0.717, 1.165) is 0 Å². The van der Waals surface area contributed by atoms with Crippen molar-refractivity contribution < 1.29 is 19.1 Å². The molecule has 5 N–H and O–H groups in total. The summed E-state index contributed by atoms with van der Waals surface area (Å²) in [6.45, 7) is 9.90. The number of amides is 4. The smallest absolute Gasteiger partial charge is 0.408 e. The zero-order valence-corrected chi connectivity index (χ0v) is 14.7. The molecule has 4 amide bonds. The number of urea groups is 1. The number of carbonyl (C=O) groups is 3. The van der Waals surface area contributed by atoms with Crippen molar-refractivity contribution in [1.82, 2.24) is 16.0 Å². The topological polar surface area (TPSA) is 123 Å². The van der Waals surface area contributed by atoms with Gasteiger partial charge in [0.25, 0.3) is 0 Å². The maximum absolute atomic E-state index is 12.2. The van der Waals surface area contributed by atoms with Crippen molar-refractivity contribution in [2.75, 3.05) is 13.1 Å². The van der Waals surface area contributed by atoms with Crippen molar-refractivity contribution in [3.63, 3.8) is 0 Å². The van der Waals surface area contributed by atoms with Gasteiger partial charge >= 0.3 is 12.1 Å². The summed E-state index contributed by atoms with van der Waals surface area (Å²) in [7, 11) is 0. The quantitative estimate of drug-likeness (QED) is 0.498. The minimum Gasteiger partial charge on any atom is -0.444 e. The Bertz CT molecular complexity index is 405. The molecule has 23 heavy (non-hydrogen) atoms. The first-order valence-corrected chi connectivity index (χ1v) is 7.83. The van der Waals surface area contributed by atoms with Gasteiger partial charge in [0.15, 0.2) is 0 Å². The molecule has 8 nitrogen and oxygen atoms in total. The molecule has 134 valence electrons. The summed E-state index contributed by atoms with van der Waals surface area (Å²) in [6.07, 6.45) is 0.787. The average Bonchev–Trinajstić information content (AvgIpc) is 2.37. The fraction of sp³-hybridized carbons (Fsp3) is 0.800. The van der Waals surface area contributed by atoms with Crippen LogP contribution in [-0.2, 0) is 9.53 Å². The number of nitrogens with two attached hydrogens (primary N) is 1. The summed E-state index contributed by atoms with van der Waals surface area (Å²) in [5, 5.41) is 7.84. The lowest BCUT2D eigenvalue weighted by atomic mass is 10.0. The summed E-state index contributed by atoms with van der Waals surface area (Å²) in [4.78, 5) is 34.4. The highest BCUT2D eigenvalue weighted by Crippen LogP contribution is 2.08. The first kappa shape index (κ1) is 21.0. The Morgan fingerprint density at radius 3 is 2.00 bits per heavy atom. The predicted molar refractivity (Wildman–Crippen MR) is 87.8 cm³/mol. The number of ether oxygens (including phenoxy) is 1. The van der Waals surface area contributed by atoms with Crippen molar-refractivity contribution in [2.24, 2.45) is 11.7 Å². The maximum atomic E-state index is 12.2. The number of unbranched alkanes of at least 4 members (excludes halogenated alkanes) is 1. The van der Waals surface area contributed by atoms with E-state index in [4.69, 9.17) is 10.5 Å². The van der Waals surface area contributed by atoms with Gasteiger partial charge in [0.05, 0.1) is 0 Å². The number of rotatable bonds is 8. The normalized spacial score (nSPS) is 12.4. The van der Waals surface area contributed by atoms with Gasteiger partial charge in [-0.25, -0.2) is 9.59 Å². The second-order valence-electron chi connectivity index (χ2n) is 6.66. The van der Waals surface area contributed by atoms with E-state index in [1.54, 1.807) is 20.8 Å². The number of hydrogen-bond acceptors (Lipinski definition) is 4. The summed E-state index contributed by atoms with van der Waals surface area (Å²) in [6, 6.07) is -1.22. The molecule has 0 spiro atoms. The Labute approximate surface area is 137 Å². The van der Waals surface area contributed by atoms with Crippen LogP contribution in [0.1, 0.15) is 47.5 Å². The fourth-order valence-corrected chi connectivity index (χ4v) is 1.75. The van der Waals surface area contributed by atoms with Crippen LogP contribution in [0.4, 0.5) is 9.59 Å². The van der Waals surface area contributed by atoms with Crippen molar-refractivity contribution >= 4 is 18.0 Å². The molecule has 0 aliphatic rings. The van der Waals surface area contributed by atoms with Gasteiger partial charge in [-0.3, -0.25) is 4.79 Å². The van der Waals surface area contributed by atoms with E-state index < -0.39 is 23.8 Å². The van der Waals surface area contributed by atoms with E-state index in [0.29, 0.717) is 25.9 Å². The summed E-state index contributed by atoms with van der Waals surface area (Å²) in [5.41, 5.74) is 4.33. The summed E-state index contributed by atoms with van der Waals surface area (Å²) < 4.78 is 5.17. The Morgan fingerprint density at radius 1 is 1.04 bits per heavy atom. The second kappa shape index (κ2) is 9.91. The monoisotopic (exact) mass is 330 g/mol. The molecule has 0 aromatic rings. The van der Waals surface area contributed by atoms with E-state index in [1.165, 1.54) is 0 Å². The van der Waals surface area contributed by atoms with Gasteiger partial charge in [-0.1, -0.05) is 13.8 Å². The maximum Gasteiger partial charge on any atom is 0.408 e. The van der Waals surface area contributed by atoms with Crippen LogP contribution in [-0.4, -0.2) is 42.8 Å². The zero-order valence-electron chi connectivity index (χ0n) is 14.7. The molecule has 0 aliphatic carbocycles. The first-order chi connectivity index (χ1) is 10.5. The minimum absolute atomic E-state index is 0.0703. The molecule has 0 bridgehead atoms. The SMILES string of the molecule is CC(C)[C@H](NC(=O)OC(C)(C)C)C(=O)NCCCCNC(N)=O. The standard InChI is InChI=1S/C15H30N4O4/c1-10(2)11(19-14(22)23-15(3,4)5)12(20)17-8-6-7-9-18-13(16)21/h10-11H,6-9H2,1-5H3,(H,17,20)(H,19,22)(H3,16,18,21)/t11-/m0/s1. The van der Waals surface area contributed by atoms with Gasteiger partial charge in [-0.2, -0.15) is 0 Å². The Balaban J connectivity index is 4.20. The lowest BCUT2D eigenvalue weighted by molar-refractivity contribution is -0.124. The van der Waals surface area contributed by atoms with Crippen molar-refractivity contribution in [3.05, 3.63) is 0 Å². The Kier molecular flexibility index (Phi) is 9.05. The highest BCUT2D eigenvalue weighted by Gasteiger charge is 2.26. The van der Waals surface area contributed by atoms with Crippen molar-refractivity contribution in [1.29, 1.82) is 0 Å². The van der Waals surface area contributed by atoms with E-state index in [-0.39, 0.29) is 11.8 Å². The van der Waals surface area contributed by atoms with E-state index in [1.807, 2.05) is 13.8 Å². The van der Waals surface area contributed by atoms with Crippen LogP contribution in [0, 0.1) is 5.92 Å². The Hall–Kier alpha value is -1.99. The lowest BCUT2D eigenvalue weighted by Gasteiger charge is -2.25. The summed E-state index contributed by atoms with van der Waals surface area (Å²) >= 11 is 0. The largest absolute Gasteiger partial charge is 0.444 e. The van der Waals surface area contributed by atoms with Crippen LogP contribution in [0.15, 0.2) is 0 Å². The third kappa shape index (κ3) is 11.3. The van der Waals surface area contributed by atoms with Gasteiger partial charge in [-0.15, -0.1) is 0 Å². The van der Waals surface area contributed by atoms with Crippen LogP contribution >= 0.6 is 0 Å². The van der Waals surface area contributed by atoms with Crippen LogP contribution < -0.4 is 21.7 Å². The van der Waals surface area contributed by atoms with E-state index >= 15 is 0 Å². The van der Waals surface area contributed by atoms with Crippen LogP contribution in [0.5, 0.6) is 0 Å². The molecule has 0 saturated heterocycles. The number of carbonyl (C=O) groups excluding carboxylic acids is 3. The third-order valence-corrected chi connectivity index (χ3v) is 2.82. The molecule has 0 aromatic heterocycles. The van der Waals surface area contributed by atoms with Gasteiger partial charge < -0.3 is 26.4 Å². The molecule has 0 rings (SSSR count). The molecular weight excluding hydrogens is 300 g/mol. The summed E-state index contributed by atoms with van der Waals surface area (Å²) in [5.74, 6) is -0.326. The minimum atomic E-state index is -0.659. The van der Waals surface area contributed by atoms with Gasteiger partial charge in [-0.05, 0) is 39.5 Å². The van der Waals surface area contributed by atoms with Gasteiger partial charge in [0, 0.05) is 13.1 Å². The molecule has 0 unspecified atom stereocenters. The lowest BCUT2D eigenvalue weighted by Crippen LogP contribution is -2.51. The van der Waals surface area contributed by atoms with Crippen molar-refractivity contribution in [2.45, 2.75) is 59.1 Å². The zero-order chi connectivity index (χ0) is 18.0. The molecule has 0 aromatic carbocycles. The van der Waals surface area contributed by atoms with Crippen molar-refractivity contribution in [3.8, 4) is 0 Å². The molecular formula is C15H30N4O4. The van der Waals surface area contributed by atoms with Crippen LogP contribution in [0.2, 0.25) is 0 Å². The van der Waals surface area contributed by atoms with E-state index in [9.17, 15) is 14.4 Å². The number of alkyl carbamates (subject to hydrolysis) is 1. The first-order valence-electron chi connectivity index (χ1n) is 7.83. The molecule has 1 atom stereocenters. The third-order valence-electron chi connectivity index (χ3n) is 2.82.